The number of rotatable bonds is 5. The molecule has 7 heteroatoms. The van der Waals surface area contributed by atoms with Crippen molar-refractivity contribution >= 4 is 11.9 Å². The summed E-state index contributed by atoms with van der Waals surface area (Å²) in [5.41, 5.74) is 0. The molecular formula is C12H18F3NO3. The number of carboxylic acids is 1. The fourth-order valence-corrected chi connectivity index (χ4v) is 2.42. The third kappa shape index (κ3) is 5.08. The Morgan fingerprint density at radius 1 is 1.21 bits per heavy atom. The fraction of sp³-hybridized carbons (Fsp3) is 0.833. The van der Waals surface area contributed by atoms with Gasteiger partial charge in [0.25, 0.3) is 0 Å². The molecule has 0 unspecified atom stereocenters. The first-order chi connectivity index (χ1) is 8.82. The normalized spacial score (nSPS) is 23.9. The second kappa shape index (κ2) is 6.77. The first kappa shape index (κ1) is 15.8. The quantitative estimate of drug-likeness (QED) is 0.760. The van der Waals surface area contributed by atoms with E-state index in [4.69, 9.17) is 5.11 Å². The van der Waals surface area contributed by atoms with E-state index in [2.05, 4.69) is 5.32 Å². The second-order valence-corrected chi connectivity index (χ2v) is 4.83. The number of alkyl halides is 3. The van der Waals surface area contributed by atoms with Crippen LogP contribution in [0.25, 0.3) is 0 Å². The standard InChI is InChI=1S/C12H18F3NO3/c13-12(14,15)9-5-2-1-4-8(9)11(19)16-7-3-6-10(17)18/h8-9H,1-7H2,(H,16,19)(H,17,18)/t8-,9+/m1/s1. The van der Waals surface area contributed by atoms with Crippen LogP contribution < -0.4 is 5.32 Å². The summed E-state index contributed by atoms with van der Waals surface area (Å²) in [4.78, 5) is 22.0. The minimum Gasteiger partial charge on any atom is -0.481 e. The van der Waals surface area contributed by atoms with Gasteiger partial charge in [-0.15, -0.1) is 0 Å². The maximum atomic E-state index is 12.8. The lowest BCUT2D eigenvalue weighted by atomic mass is 9.78. The Kier molecular flexibility index (Phi) is 5.62. The minimum atomic E-state index is -4.34. The molecule has 0 aromatic heterocycles. The molecule has 1 aliphatic carbocycles. The van der Waals surface area contributed by atoms with Gasteiger partial charge in [-0.25, -0.2) is 0 Å². The molecule has 1 amide bonds. The van der Waals surface area contributed by atoms with Gasteiger partial charge in [-0.05, 0) is 19.3 Å². The van der Waals surface area contributed by atoms with Gasteiger partial charge < -0.3 is 10.4 Å². The van der Waals surface area contributed by atoms with Gasteiger partial charge in [-0.2, -0.15) is 13.2 Å². The van der Waals surface area contributed by atoms with Crippen molar-refractivity contribution in [1.82, 2.24) is 5.32 Å². The molecule has 1 fully saturated rings. The van der Waals surface area contributed by atoms with Crippen molar-refractivity contribution < 1.29 is 27.9 Å². The Morgan fingerprint density at radius 2 is 1.84 bits per heavy atom. The number of hydrogen-bond donors (Lipinski definition) is 2. The van der Waals surface area contributed by atoms with Crippen LogP contribution >= 0.6 is 0 Å². The van der Waals surface area contributed by atoms with Crippen molar-refractivity contribution in [2.45, 2.75) is 44.7 Å². The summed E-state index contributed by atoms with van der Waals surface area (Å²) in [6.07, 6.45) is -2.86. The second-order valence-electron chi connectivity index (χ2n) is 4.83. The molecule has 0 heterocycles. The largest absolute Gasteiger partial charge is 0.481 e. The molecule has 0 aromatic rings. The molecule has 2 N–H and O–H groups in total. The van der Waals surface area contributed by atoms with Crippen molar-refractivity contribution in [2.75, 3.05) is 6.54 Å². The molecule has 4 nitrogen and oxygen atoms in total. The molecule has 1 rings (SSSR count). The maximum absolute atomic E-state index is 12.8. The number of carbonyl (C=O) groups excluding carboxylic acids is 1. The third-order valence-electron chi connectivity index (χ3n) is 3.39. The van der Waals surface area contributed by atoms with Crippen molar-refractivity contribution in [1.29, 1.82) is 0 Å². The van der Waals surface area contributed by atoms with E-state index < -0.39 is 29.9 Å². The van der Waals surface area contributed by atoms with Crippen molar-refractivity contribution in [3.63, 3.8) is 0 Å². The van der Waals surface area contributed by atoms with Crippen molar-refractivity contribution in [3.05, 3.63) is 0 Å². The first-order valence-electron chi connectivity index (χ1n) is 6.38. The van der Waals surface area contributed by atoms with Gasteiger partial charge in [0, 0.05) is 18.9 Å². The zero-order chi connectivity index (χ0) is 14.5. The Morgan fingerprint density at radius 3 is 2.42 bits per heavy atom. The summed E-state index contributed by atoms with van der Waals surface area (Å²) in [5.74, 6) is -4.19. The van der Waals surface area contributed by atoms with E-state index in [0.29, 0.717) is 12.8 Å². The third-order valence-corrected chi connectivity index (χ3v) is 3.39. The highest BCUT2D eigenvalue weighted by Gasteiger charge is 2.47. The molecular weight excluding hydrogens is 263 g/mol. The van der Waals surface area contributed by atoms with Gasteiger partial charge in [0.2, 0.25) is 5.91 Å². The summed E-state index contributed by atoms with van der Waals surface area (Å²) in [7, 11) is 0. The number of nitrogens with one attached hydrogen (secondary N) is 1. The van der Waals surface area contributed by atoms with Gasteiger partial charge in [-0.1, -0.05) is 12.8 Å². The molecule has 0 saturated heterocycles. The van der Waals surface area contributed by atoms with Crippen LogP contribution in [-0.2, 0) is 9.59 Å². The highest BCUT2D eigenvalue weighted by molar-refractivity contribution is 5.79. The zero-order valence-corrected chi connectivity index (χ0v) is 10.5. The smallest absolute Gasteiger partial charge is 0.392 e. The Hall–Kier alpha value is -1.27. The summed E-state index contributed by atoms with van der Waals surface area (Å²) in [6, 6.07) is 0. The number of carboxylic acid groups (broad SMARTS) is 1. The number of amides is 1. The van der Waals surface area contributed by atoms with Crippen LogP contribution in [0.4, 0.5) is 13.2 Å². The molecule has 0 aromatic carbocycles. The fourth-order valence-electron chi connectivity index (χ4n) is 2.42. The van der Waals surface area contributed by atoms with Gasteiger partial charge in [-0.3, -0.25) is 9.59 Å². The summed E-state index contributed by atoms with van der Waals surface area (Å²) in [5, 5.41) is 10.8. The van der Waals surface area contributed by atoms with Crippen LogP contribution in [0.5, 0.6) is 0 Å². The lowest BCUT2D eigenvalue weighted by molar-refractivity contribution is -0.198. The van der Waals surface area contributed by atoms with Gasteiger partial charge in [0.1, 0.15) is 0 Å². The van der Waals surface area contributed by atoms with E-state index >= 15 is 0 Å². The van der Waals surface area contributed by atoms with Crippen LogP contribution in [-0.4, -0.2) is 29.7 Å². The number of halogens is 3. The van der Waals surface area contributed by atoms with Crippen molar-refractivity contribution in [2.24, 2.45) is 11.8 Å². The molecule has 0 radical (unpaired) electrons. The zero-order valence-electron chi connectivity index (χ0n) is 10.5. The lowest BCUT2D eigenvalue weighted by Crippen LogP contribution is -2.42. The van der Waals surface area contributed by atoms with Crippen molar-refractivity contribution in [3.8, 4) is 0 Å². The Labute approximate surface area is 109 Å². The highest BCUT2D eigenvalue weighted by Crippen LogP contribution is 2.41. The van der Waals surface area contributed by atoms with Crippen LogP contribution in [0.15, 0.2) is 0 Å². The van der Waals surface area contributed by atoms with Gasteiger partial charge >= 0.3 is 12.1 Å². The monoisotopic (exact) mass is 281 g/mol. The molecule has 0 spiro atoms. The van der Waals surface area contributed by atoms with E-state index in [1.165, 1.54) is 0 Å². The lowest BCUT2D eigenvalue weighted by Gasteiger charge is -2.31. The SMILES string of the molecule is O=C(O)CCCNC(=O)[C@@H]1CCCC[C@@H]1C(F)(F)F. The predicted molar refractivity (Wildman–Crippen MR) is 61.4 cm³/mol. The number of carbonyl (C=O) groups is 2. The van der Waals surface area contributed by atoms with E-state index in [9.17, 15) is 22.8 Å². The van der Waals surface area contributed by atoms with Crippen LogP contribution in [0.3, 0.4) is 0 Å². The van der Waals surface area contributed by atoms with Crippen LogP contribution in [0.2, 0.25) is 0 Å². The molecule has 19 heavy (non-hydrogen) atoms. The molecule has 1 saturated carbocycles. The van der Waals surface area contributed by atoms with E-state index in [-0.39, 0.29) is 32.2 Å². The predicted octanol–water partition coefficient (Wildman–Crippen LogP) is 2.34. The van der Waals surface area contributed by atoms with E-state index in [1.807, 2.05) is 0 Å². The number of hydrogen-bond acceptors (Lipinski definition) is 2. The summed E-state index contributed by atoms with van der Waals surface area (Å²) < 4.78 is 38.4. The average Bonchev–Trinajstić information content (AvgIpc) is 2.33. The minimum absolute atomic E-state index is 0.00326. The van der Waals surface area contributed by atoms with Crippen LogP contribution in [0, 0.1) is 11.8 Å². The first-order valence-corrected chi connectivity index (χ1v) is 6.38. The average molecular weight is 281 g/mol. The molecule has 110 valence electrons. The maximum Gasteiger partial charge on any atom is 0.392 e. The Bertz CT molecular complexity index is 331. The highest BCUT2D eigenvalue weighted by atomic mass is 19.4. The molecule has 2 atom stereocenters. The topological polar surface area (TPSA) is 66.4 Å². The molecule has 0 aliphatic heterocycles. The van der Waals surface area contributed by atoms with Gasteiger partial charge in [0.05, 0.1) is 5.92 Å². The molecule has 1 aliphatic rings. The summed E-state index contributed by atoms with van der Waals surface area (Å²) in [6.45, 7) is 0.103. The summed E-state index contributed by atoms with van der Waals surface area (Å²) >= 11 is 0. The van der Waals surface area contributed by atoms with E-state index in [1.54, 1.807) is 0 Å². The van der Waals surface area contributed by atoms with Crippen LogP contribution in [0.1, 0.15) is 38.5 Å². The molecule has 0 bridgehead atoms. The Balaban J connectivity index is 2.46. The van der Waals surface area contributed by atoms with E-state index in [0.717, 1.165) is 0 Å². The number of aliphatic carboxylic acids is 1. The van der Waals surface area contributed by atoms with Gasteiger partial charge in [0.15, 0.2) is 0 Å².